The second kappa shape index (κ2) is 6.31. The Hall–Kier alpha value is -2.15. The highest BCUT2D eigenvalue weighted by atomic mass is 16.2. The van der Waals surface area contributed by atoms with E-state index in [0.717, 1.165) is 43.0 Å². The minimum atomic E-state index is 0.0139. The van der Waals surface area contributed by atoms with Gasteiger partial charge < -0.3 is 5.32 Å². The number of aryl methyl sites for hydroxylation is 2. The fraction of sp³-hybridized carbons (Fsp3) is 0.533. The Labute approximate surface area is 129 Å². The Morgan fingerprint density at radius 3 is 3.05 bits per heavy atom. The van der Waals surface area contributed by atoms with Gasteiger partial charge in [0.1, 0.15) is 0 Å². The van der Waals surface area contributed by atoms with Gasteiger partial charge in [-0.1, -0.05) is 0 Å². The summed E-state index contributed by atoms with van der Waals surface area (Å²) in [4.78, 5) is 14.5. The first-order chi connectivity index (χ1) is 10.6. The Balaban J connectivity index is 1.58. The van der Waals surface area contributed by atoms with Crippen molar-refractivity contribution in [2.24, 2.45) is 0 Å². The number of aromatic amines is 1. The largest absolute Gasteiger partial charge is 0.322 e. The van der Waals surface area contributed by atoms with Gasteiger partial charge >= 0.3 is 0 Å². The van der Waals surface area contributed by atoms with E-state index in [0.29, 0.717) is 12.6 Å². The fourth-order valence-corrected chi connectivity index (χ4v) is 3.03. The first kappa shape index (κ1) is 14.8. The van der Waals surface area contributed by atoms with Crippen LogP contribution in [-0.2, 0) is 11.3 Å². The van der Waals surface area contributed by atoms with E-state index < -0.39 is 0 Å². The molecule has 0 spiro atoms. The number of amides is 1. The van der Waals surface area contributed by atoms with Crippen LogP contribution in [-0.4, -0.2) is 49.9 Å². The van der Waals surface area contributed by atoms with Crippen molar-refractivity contribution < 1.29 is 4.79 Å². The maximum atomic E-state index is 12.3. The summed E-state index contributed by atoms with van der Waals surface area (Å²) in [7, 11) is 0. The van der Waals surface area contributed by atoms with Crippen LogP contribution in [0.4, 0.5) is 5.69 Å². The summed E-state index contributed by atoms with van der Waals surface area (Å²) in [5.41, 5.74) is 2.51. The summed E-state index contributed by atoms with van der Waals surface area (Å²) in [5.74, 6) is 0.0139. The van der Waals surface area contributed by atoms with Crippen LogP contribution in [0.2, 0.25) is 0 Å². The average molecular weight is 302 g/mol. The third kappa shape index (κ3) is 3.19. The quantitative estimate of drug-likeness (QED) is 0.873. The van der Waals surface area contributed by atoms with Crippen molar-refractivity contribution in [1.29, 1.82) is 0 Å². The monoisotopic (exact) mass is 302 g/mol. The summed E-state index contributed by atoms with van der Waals surface area (Å²) in [5, 5.41) is 14.2. The molecule has 1 amide bonds. The molecule has 7 nitrogen and oxygen atoms in total. The molecule has 0 bridgehead atoms. The number of carbonyl (C=O) groups is 1. The molecule has 3 rings (SSSR count). The summed E-state index contributed by atoms with van der Waals surface area (Å²) < 4.78 is 1.94. The number of aromatic nitrogens is 4. The van der Waals surface area contributed by atoms with Crippen LogP contribution in [0.1, 0.15) is 24.2 Å². The van der Waals surface area contributed by atoms with Gasteiger partial charge in [0.2, 0.25) is 5.91 Å². The molecule has 1 saturated heterocycles. The van der Waals surface area contributed by atoms with Crippen molar-refractivity contribution in [3.63, 3.8) is 0 Å². The smallest absolute Gasteiger partial charge is 0.238 e. The van der Waals surface area contributed by atoms with Crippen molar-refractivity contribution in [3.05, 3.63) is 29.8 Å². The fourth-order valence-electron chi connectivity index (χ4n) is 3.03. The van der Waals surface area contributed by atoms with Gasteiger partial charge in [-0.05, 0) is 39.3 Å². The highest BCUT2D eigenvalue weighted by molar-refractivity contribution is 5.93. The molecule has 0 aromatic carbocycles. The first-order valence-corrected chi connectivity index (χ1v) is 7.66. The molecular formula is C15H22N6O. The predicted molar refractivity (Wildman–Crippen MR) is 83.5 cm³/mol. The number of nitrogens with one attached hydrogen (secondary N) is 2. The minimum absolute atomic E-state index is 0.0139. The van der Waals surface area contributed by atoms with Crippen LogP contribution in [0.25, 0.3) is 0 Å². The van der Waals surface area contributed by atoms with Gasteiger partial charge in [0.15, 0.2) is 0 Å². The molecule has 7 heteroatoms. The van der Waals surface area contributed by atoms with Crippen molar-refractivity contribution in [2.75, 3.05) is 18.4 Å². The number of rotatable bonds is 5. The number of nitrogens with zero attached hydrogens (tertiary/aromatic N) is 4. The molecule has 2 N–H and O–H groups in total. The molecule has 3 heterocycles. The first-order valence-electron chi connectivity index (χ1n) is 7.66. The lowest BCUT2D eigenvalue weighted by molar-refractivity contribution is -0.117. The summed E-state index contributed by atoms with van der Waals surface area (Å²) in [6.07, 6.45) is 5.99. The van der Waals surface area contributed by atoms with Gasteiger partial charge in [0, 0.05) is 18.4 Å². The van der Waals surface area contributed by atoms with Gasteiger partial charge in [-0.2, -0.15) is 10.2 Å². The molecule has 2 aromatic rings. The zero-order chi connectivity index (χ0) is 15.5. The van der Waals surface area contributed by atoms with Crippen LogP contribution < -0.4 is 5.32 Å². The average Bonchev–Trinajstić information content (AvgIpc) is 3.20. The van der Waals surface area contributed by atoms with Gasteiger partial charge in [-0.25, -0.2) is 0 Å². The van der Waals surface area contributed by atoms with E-state index in [-0.39, 0.29) is 5.91 Å². The third-order valence-electron chi connectivity index (χ3n) is 4.20. The van der Waals surface area contributed by atoms with Crippen molar-refractivity contribution in [1.82, 2.24) is 24.9 Å². The van der Waals surface area contributed by atoms with E-state index in [1.165, 1.54) is 0 Å². The summed E-state index contributed by atoms with van der Waals surface area (Å²) in [6.45, 7) is 6.00. The Kier molecular flexibility index (Phi) is 4.24. The maximum Gasteiger partial charge on any atom is 0.238 e. The number of hydrogen-bond acceptors (Lipinski definition) is 4. The molecule has 0 saturated carbocycles. The lowest BCUT2D eigenvalue weighted by Gasteiger charge is -2.23. The van der Waals surface area contributed by atoms with E-state index in [9.17, 15) is 4.79 Å². The summed E-state index contributed by atoms with van der Waals surface area (Å²) in [6, 6.07) is 2.30. The molecule has 1 aliphatic rings. The van der Waals surface area contributed by atoms with Crippen LogP contribution in [0.5, 0.6) is 0 Å². The van der Waals surface area contributed by atoms with Gasteiger partial charge in [0.05, 0.1) is 30.2 Å². The summed E-state index contributed by atoms with van der Waals surface area (Å²) >= 11 is 0. The van der Waals surface area contributed by atoms with Crippen molar-refractivity contribution in [2.45, 2.75) is 39.3 Å². The molecule has 0 unspecified atom stereocenters. The number of anilines is 1. The molecule has 0 radical (unpaired) electrons. The zero-order valence-corrected chi connectivity index (χ0v) is 13.0. The second-order valence-corrected chi connectivity index (χ2v) is 5.85. The zero-order valence-electron chi connectivity index (χ0n) is 13.0. The molecule has 1 fully saturated rings. The van der Waals surface area contributed by atoms with Gasteiger partial charge in [0.25, 0.3) is 0 Å². The Morgan fingerprint density at radius 1 is 1.50 bits per heavy atom. The highest BCUT2D eigenvalue weighted by Crippen LogP contribution is 2.20. The molecular weight excluding hydrogens is 280 g/mol. The second-order valence-electron chi connectivity index (χ2n) is 5.85. The maximum absolute atomic E-state index is 12.3. The van der Waals surface area contributed by atoms with E-state index in [2.05, 4.69) is 25.5 Å². The molecule has 0 aliphatic carbocycles. The Bertz CT molecular complexity index is 613. The highest BCUT2D eigenvalue weighted by Gasteiger charge is 2.27. The minimum Gasteiger partial charge on any atom is -0.322 e. The van der Waals surface area contributed by atoms with E-state index in [4.69, 9.17) is 0 Å². The standard InChI is InChI=1S/C15H22N6O/c1-11-15(12(2)19-18-11)17-14(22)10-20-7-3-5-13(20)9-21-8-4-6-16-21/h4,6,8,13H,3,5,7,9-10H2,1-2H3,(H,17,22)(H,18,19)/t13-/m0/s1. The molecule has 22 heavy (non-hydrogen) atoms. The van der Waals surface area contributed by atoms with E-state index >= 15 is 0 Å². The Morgan fingerprint density at radius 2 is 2.36 bits per heavy atom. The molecule has 1 atom stereocenters. The normalized spacial score (nSPS) is 18.7. The van der Waals surface area contributed by atoms with E-state index in [1.54, 1.807) is 6.20 Å². The number of H-pyrrole nitrogens is 1. The van der Waals surface area contributed by atoms with Crippen LogP contribution in [0.3, 0.4) is 0 Å². The lowest BCUT2D eigenvalue weighted by atomic mass is 10.2. The van der Waals surface area contributed by atoms with Crippen LogP contribution in [0.15, 0.2) is 18.5 Å². The topological polar surface area (TPSA) is 78.8 Å². The van der Waals surface area contributed by atoms with Crippen LogP contribution >= 0.6 is 0 Å². The number of likely N-dealkylation sites (tertiary alicyclic amines) is 1. The van der Waals surface area contributed by atoms with Gasteiger partial charge in [-0.15, -0.1) is 0 Å². The SMILES string of the molecule is Cc1n[nH]c(C)c1NC(=O)CN1CCC[C@H]1Cn1cccn1. The molecule has 118 valence electrons. The van der Waals surface area contributed by atoms with Crippen molar-refractivity contribution in [3.8, 4) is 0 Å². The lowest BCUT2D eigenvalue weighted by Crippen LogP contribution is -2.39. The molecule has 2 aromatic heterocycles. The van der Waals surface area contributed by atoms with Crippen LogP contribution in [0, 0.1) is 13.8 Å². The number of carbonyl (C=O) groups excluding carboxylic acids is 1. The predicted octanol–water partition coefficient (Wildman–Crippen LogP) is 1.33. The van der Waals surface area contributed by atoms with Gasteiger partial charge in [-0.3, -0.25) is 19.5 Å². The number of hydrogen-bond donors (Lipinski definition) is 2. The third-order valence-corrected chi connectivity index (χ3v) is 4.20. The van der Waals surface area contributed by atoms with E-state index in [1.807, 2.05) is 30.8 Å². The molecule has 1 aliphatic heterocycles. The van der Waals surface area contributed by atoms with Crippen molar-refractivity contribution >= 4 is 11.6 Å².